The van der Waals surface area contributed by atoms with Crippen LogP contribution in [-0.2, 0) is 9.59 Å². The van der Waals surface area contributed by atoms with Gasteiger partial charge in [-0.3, -0.25) is 9.59 Å². The number of carboxylic acids is 1. The lowest BCUT2D eigenvalue weighted by atomic mass is 9.88. The van der Waals surface area contributed by atoms with Crippen molar-refractivity contribution in [2.75, 3.05) is 0 Å². The molecule has 3 N–H and O–H groups in total. The van der Waals surface area contributed by atoms with Gasteiger partial charge in [-0.15, -0.1) is 0 Å². The zero-order valence-electron chi connectivity index (χ0n) is 16.1. The van der Waals surface area contributed by atoms with Gasteiger partial charge in [0.15, 0.2) is 0 Å². The van der Waals surface area contributed by atoms with Crippen molar-refractivity contribution in [3.8, 4) is 0 Å². The first kappa shape index (κ1) is 22.6. The summed E-state index contributed by atoms with van der Waals surface area (Å²) in [6.45, 7) is 3.87. The summed E-state index contributed by atoms with van der Waals surface area (Å²) in [6, 6.07) is 0. The number of allylic oxidation sites excluding steroid dienone is 3. The maximum Gasteiger partial charge on any atom is 0.303 e. The number of aliphatic hydroxyl groups excluding tert-OH is 1. The number of unbranched alkanes of at least 4 members (excludes halogenated alkanes) is 3. The quantitative estimate of drug-likeness (QED) is 0.362. The molecule has 5 nitrogen and oxygen atoms in total. The summed E-state index contributed by atoms with van der Waals surface area (Å²) in [5.41, 5.74) is -0.930. The van der Waals surface area contributed by atoms with Gasteiger partial charge in [0.1, 0.15) is 5.78 Å². The summed E-state index contributed by atoms with van der Waals surface area (Å²) in [7, 11) is 0. The van der Waals surface area contributed by atoms with E-state index < -0.39 is 17.7 Å². The molecule has 26 heavy (non-hydrogen) atoms. The van der Waals surface area contributed by atoms with Crippen molar-refractivity contribution in [3.63, 3.8) is 0 Å². The molecule has 0 spiro atoms. The molecule has 0 radical (unpaired) electrons. The largest absolute Gasteiger partial charge is 0.481 e. The van der Waals surface area contributed by atoms with Gasteiger partial charge in [0.25, 0.3) is 0 Å². The molecule has 0 aromatic rings. The molecular formula is C21H34O5. The van der Waals surface area contributed by atoms with E-state index in [2.05, 4.69) is 6.92 Å². The number of carbonyl (C=O) groups is 2. The van der Waals surface area contributed by atoms with E-state index in [0.717, 1.165) is 19.3 Å². The average Bonchev–Trinajstić information content (AvgIpc) is 2.82. The van der Waals surface area contributed by atoms with E-state index in [1.807, 2.05) is 12.2 Å². The highest BCUT2D eigenvalue weighted by atomic mass is 16.4. The average molecular weight is 366 g/mol. The van der Waals surface area contributed by atoms with Crippen molar-refractivity contribution in [2.24, 2.45) is 11.8 Å². The number of carboxylic acid groups (broad SMARTS) is 1. The van der Waals surface area contributed by atoms with Gasteiger partial charge >= 0.3 is 5.97 Å². The van der Waals surface area contributed by atoms with Gasteiger partial charge in [-0.25, -0.2) is 0 Å². The summed E-state index contributed by atoms with van der Waals surface area (Å²) in [5, 5.41) is 29.2. The van der Waals surface area contributed by atoms with E-state index in [-0.39, 0.29) is 30.5 Å². The fraction of sp³-hybridized carbons (Fsp3) is 0.714. The molecule has 1 aliphatic rings. The fourth-order valence-corrected chi connectivity index (χ4v) is 3.39. The van der Waals surface area contributed by atoms with Crippen molar-refractivity contribution in [3.05, 3.63) is 24.3 Å². The fourth-order valence-electron chi connectivity index (χ4n) is 3.39. The van der Waals surface area contributed by atoms with Crippen LogP contribution in [0.15, 0.2) is 24.3 Å². The maximum absolute atomic E-state index is 12.2. The molecule has 0 aliphatic heterocycles. The maximum atomic E-state index is 12.2. The van der Waals surface area contributed by atoms with Gasteiger partial charge in [0, 0.05) is 24.7 Å². The minimum Gasteiger partial charge on any atom is -0.481 e. The molecule has 1 fully saturated rings. The van der Waals surface area contributed by atoms with Crippen molar-refractivity contribution in [1.29, 1.82) is 0 Å². The van der Waals surface area contributed by atoms with E-state index in [9.17, 15) is 19.8 Å². The van der Waals surface area contributed by atoms with Crippen molar-refractivity contribution < 1.29 is 24.9 Å². The van der Waals surface area contributed by atoms with Crippen LogP contribution in [0.3, 0.4) is 0 Å². The number of hydrogen-bond donors (Lipinski definition) is 3. The Morgan fingerprint density at radius 1 is 1.27 bits per heavy atom. The molecule has 1 saturated carbocycles. The van der Waals surface area contributed by atoms with Crippen molar-refractivity contribution >= 4 is 11.8 Å². The van der Waals surface area contributed by atoms with Gasteiger partial charge < -0.3 is 15.3 Å². The minimum atomic E-state index is -0.930. The van der Waals surface area contributed by atoms with Gasteiger partial charge in [-0.1, -0.05) is 50.5 Å². The Kier molecular flexibility index (Phi) is 9.81. The summed E-state index contributed by atoms with van der Waals surface area (Å²) < 4.78 is 0. The molecule has 0 bridgehead atoms. The second kappa shape index (κ2) is 11.3. The first-order valence-corrected chi connectivity index (χ1v) is 9.76. The molecule has 1 rings (SSSR count). The molecule has 0 aromatic carbocycles. The Labute approximate surface area is 156 Å². The van der Waals surface area contributed by atoms with Crippen LogP contribution < -0.4 is 0 Å². The van der Waals surface area contributed by atoms with Crippen molar-refractivity contribution in [2.45, 2.75) is 83.3 Å². The first-order valence-electron chi connectivity index (χ1n) is 9.76. The highest BCUT2D eigenvalue weighted by Gasteiger charge is 2.39. The third-order valence-corrected chi connectivity index (χ3v) is 5.02. The van der Waals surface area contributed by atoms with Crippen LogP contribution in [0.1, 0.15) is 71.6 Å². The lowest BCUT2D eigenvalue weighted by molar-refractivity contribution is -0.137. The third kappa shape index (κ3) is 8.28. The Hall–Kier alpha value is -1.46. The third-order valence-electron chi connectivity index (χ3n) is 5.02. The van der Waals surface area contributed by atoms with Gasteiger partial charge in [-0.05, 0) is 32.6 Å². The molecule has 148 valence electrons. The summed E-state index contributed by atoms with van der Waals surface area (Å²) in [6.07, 6.45) is 12.6. The van der Waals surface area contributed by atoms with E-state index in [4.69, 9.17) is 5.11 Å². The monoisotopic (exact) mass is 366 g/mol. The summed E-state index contributed by atoms with van der Waals surface area (Å²) >= 11 is 0. The highest BCUT2D eigenvalue weighted by molar-refractivity contribution is 5.86. The topological polar surface area (TPSA) is 94.8 Å². The number of rotatable bonds is 12. The zero-order chi connectivity index (χ0) is 19.6. The van der Waals surface area contributed by atoms with E-state index in [1.165, 1.54) is 0 Å². The highest BCUT2D eigenvalue weighted by Crippen LogP contribution is 2.34. The number of carbonyl (C=O) groups excluding carboxylic acids is 1. The van der Waals surface area contributed by atoms with Crippen LogP contribution in [0, 0.1) is 11.8 Å². The van der Waals surface area contributed by atoms with Gasteiger partial charge in [0.2, 0.25) is 0 Å². The van der Waals surface area contributed by atoms with Crippen molar-refractivity contribution in [1.82, 2.24) is 0 Å². The second-order valence-electron chi connectivity index (χ2n) is 7.59. The number of aliphatic carboxylic acids is 1. The van der Waals surface area contributed by atoms with E-state index in [0.29, 0.717) is 25.7 Å². The Morgan fingerprint density at radius 3 is 2.65 bits per heavy atom. The summed E-state index contributed by atoms with van der Waals surface area (Å²) in [5.74, 6) is -1.33. The minimum absolute atomic E-state index is 0.0161. The predicted molar refractivity (Wildman–Crippen MR) is 102 cm³/mol. The Balaban J connectivity index is 2.58. The molecule has 1 aliphatic carbocycles. The molecule has 0 amide bonds. The Morgan fingerprint density at radius 2 is 2.00 bits per heavy atom. The standard InChI is InChI=1S/C21H34O5/c1-3-4-9-13-21(2,26)14-12-17-16(18(22)15-19(17)23)10-7-5-6-8-11-20(24)25/h5,7,12,14,16-18,22,26H,3-4,6,8-11,13,15H2,1-2H3,(H,24,25)/b7-5-,14-12+/t16-,17-,18+,21?/m1/s1. The van der Waals surface area contributed by atoms with Crippen LogP contribution in [0.5, 0.6) is 0 Å². The SMILES string of the molecule is CCCCCC(C)(O)/C=C/[C@H]1C(=O)C[C@H](O)[C@@H]1C/C=C\CCCC(=O)O. The number of aliphatic hydroxyl groups is 2. The van der Waals surface area contributed by atoms with Crippen LogP contribution in [0.4, 0.5) is 0 Å². The Bertz CT molecular complexity index is 507. The second-order valence-corrected chi connectivity index (χ2v) is 7.59. The lowest BCUT2D eigenvalue weighted by Gasteiger charge is -2.21. The molecule has 0 aromatic heterocycles. The number of ketones is 1. The predicted octanol–water partition coefficient (Wildman–Crippen LogP) is 3.64. The summed E-state index contributed by atoms with van der Waals surface area (Å²) in [4.78, 5) is 22.7. The van der Waals surface area contributed by atoms with Gasteiger partial charge in [-0.2, -0.15) is 0 Å². The molecule has 5 heteroatoms. The molecule has 1 unspecified atom stereocenters. The number of hydrogen-bond acceptors (Lipinski definition) is 4. The van der Waals surface area contributed by atoms with Gasteiger partial charge in [0.05, 0.1) is 11.7 Å². The van der Waals surface area contributed by atoms with E-state index >= 15 is 0 Å². The molecule has 4 atom stereocenters. The van der Waals surface area contributed by atoms with Crippen LogP contribution in [0.2, 0.25) is 0 Å². The van der Waals surface area contributed by atoms with E-state index in [1.54, 1.807) is 19.1 Å². The molecule has 0 saturated heterocycles. The number of Topliss-reactive ketones (excluding diaryl/α,β-unsaturated/α-hetero) is 1. The van der Waals surface area contributed by atoms with Crippen LogP contribution in [-0.4, -0.2) is 38.8 Å². The van der Waals surface area contributed by atoms with Crippen LogP contribution in [0.25, 0.3) is 0 Å². The first-order chi connectivity index (χ1) is 12.3. The molecule has 0 heterocycles. The van der Waals surface area contributed by atoms with Crippen LogP contribution >= 0.6 is 0 Å². The normalized spacial score (nSPS) is 26.0. The smallest absolute Gasteiger partial charge is 0.303 e. The molecular weight excluding hydrogens is 332 g/mol. The zero-order valence-corrected chi connectivity index (χ0v) is 16.1. The lowest BCUT2D eigenvalue weighted by Crippen LogP contribution is -2.23.